The van der Waals surface area contributed by atoms with E-state index < -0.39 is 0 Å². The Bertz CT molecular complexity index is 405. The standard InChI is InChI=1S/C11H12ClN3O/c1-8-6-9(7-10(12)15-8)11(16)14-5-3-2-4-13/h6-7H,2-3,5H2,1H3,(H,14,16). The summed E-state index contributed by atoms with van der Waals surface area (Å²) in [6, 6.07) is 5.21. The van der Waals surface area contributed by atoms with Crippen molar-refractivity contribution < 1.29 is 4.79 Å². The lowest BCUT2D eigenvalue weighted by Gasteiger charge is -2.04. The highest BCUT2D eigenvalue weighted by molar-refractivity contribution is 6.29. The smallest absolute Gasteiger partial charge is 0.251 e. The van der Waals surface area contributed by atoms with Crippen molar-refractivity contribution in [2.24, 2.45) is 0 Å². The zero-order valence-electron chi connectivity index (χ0n) is 8.96. The van der Waals surface area contributed by atoms with E-state index in [1.54, 1.807) is 13.0 Å². The Morgan fingerprint density at radius 1 is 1.62 bits per heavy atom. The van der Waals surface area contributed by atoms with Gasteiger partial charge in [-0.05, 0) is 25.5 Å². The Balaban J connectivity index is 2.56. The van der Waals surface area contributed by atoms with Crippen LogP contribution in [0.1, 0.15) is 28.9 Å². The van der Waals surface area contributed by atoms with Gasteiger partial charge in [-0.25, -0.2) is 4.98 Å². The summed E-state index contributed by atoms with van der Waals surface area (Å²) in [5.41, 5.74) is 1.20. The second-order valence-corrected chi connectivity index (χ2v) is 3.72. The lowest BCUT2D eigenvalue weighted by Crippen LogP contribution is -2.24. The van der Waals surface area contributed by atoms with Crippen LogP contribution in [0.3, 0.4) is 0 Å². The molecule has 0 saturated heterocycles. The molecule has 1 aromatic rings. The van der Waals surface area contributed by atoms with E-state index in [0.717, 1.165) is 0 Å². The monoisotopic (exact) mass is 237 g/mol. The number of aryl methyl sites for hydroxylation is 1. The van der Waals surface area contributed by atoms with Crippen LogP contribution < -0.4 is 5.32 Å². The molecule has 5 heteroatoms. The van der Waals surface area contributed by atoms with Crippen molar-refractivity contribution in [2.75, 3.05) is 6.54 Å². The van der Waals surface area contributed by atoms with E-state index in [1.165, 1.54) is 6.07 Å². The van der Waals surface area contributed by atoms with Gasteiger partial charge in [-0.15, -0.1) is 0 Å². The maximum atomic E-state index is 11.6. The Labute approximate surface area is 99.2 Å². The molecule has 0 aliphatic rings. The van der Waals surface area contributed by atoms with Crippen LogP contribution in [0.25, 0.3) is 0 Å². The molecular weight excluding hydrogens is 226 g/mol. The topological polar surface area (TPSA) is 65.8 Å². The highest BCUT2D eigenvalue weighted by atomic mass is 35.5. The quantitative estimate of drug-likeness (QED) is 0.644. The predicted molar refractivity (Wildman–Crippen MR) is 61.2 cm³/mol. The van der Waals surface area contributed by atoms with Gasteiger partial charge in [0.15, 0.2) is 0 Å². The molecule has 0 saturated carbocycles. The molecular formula is C11H12ClN3O. The third kappa shape index (κ3) is 3.87. The first-order chi connectivity index (χ1) is 7.63. The van der Waals surface area contributed by atoms with Gasteiger partial charge in [0.25, 0.3) is 5.91 Å². The average Bonchev–Trinajstić information content (AvgIpc) is 2.22. The summed E-state index contributed by atoms with van der Waals surface area (Å²) in [6.07, 6.45) is 1.09. The van der Waals surface area contributed by atoms with Crippen molar-refractivity contribution in [1.82, 2.24) is 10.3 Å². The number of halogens is 1. The minimum Gasteiger partial charge on any atom is -0.352 e. The van der Waals surface area contributed by atoms with Crippen molar-refractivity contribution in [1.29, 1.82) is 5.26 Å². The van der Waals surface area contributed by atoms with Crippen molar-refractivity contribution in [3.8, 4) is 6.07 Å². The summed E-state index contributed by atoms with van der Waals surface area (Å²) >= 11 is 5.74. The van der Waals surface area contributed by atoms with E-state index in [1.807, 2.05) is 6.07 Å². The van der Waals surface area contributed by atoms with E-state index in [4.69, 9.17) is 16.9 Å². The van der Waals surface area contributed by atoms with E-state index in [0.29, 0.717) is 35.8 Å². The predicted octanol–water partition coefficient (Wildman–Crippen LogP) is 2.08. The zero-order valence-corrected chi connectivity index (χ0v) is 9.71. The molecule has 0 aliphatic heterocycles. The lowest BCUT2D eigenvalue weighted by atomic mass is 10.2. The highest BCUT2D eigenvalue weighted by Crippen LogP contribution is 2.10. The fourth-order valence-electron chi connectivity index (χ4n) is 1.23. The number of carbonyl (C=O) groups excluding carboxylic acids is 1. The van der Waals surface area contributed by atoms with Gasteiger partial charge in [0, 0.05) is 24.2 Å². The summed E-state index contributed by atoms with van der Waals surface area (Å²) in [6.45, 7) is 2.27. The molecule has 1 N–H and O–H groups in total. The minimum absolute atomic E-state index is 0.190. The van der Waals surface area contributed by atoms with Crippen LogP contribution in [0.4, 0.5) is 0 Å². The van der Waals surface area contributed by atoms with Gasteiger partial charge in [-0.3, -0.25) is 4.79 Å². The number of nitrogens with one attached hydrogen (secondary N) is 1. The Morgan fingerprint density at radius 2 is 2.38 bits per heavy atom. The number of hydrogen-bond acceptors (Lipinski definition) is 3. The molecule has 0 aromatic carbocycles. The van der Waals surface area contributed by atoms with Crippen LogP contribution in [0, 0.1) is 18.3 Å². The van der Waals surface area contributed by atoms with Crippen LogP contribution in [0.2, 0.25) is 5.15 Å². The van der Waals surface area contributed by atoms with Crippen LogP contribution >= 0.6 is 11.6 Å². The molecule has 0 aliphatic carbocycles. The molecule has 0 atom stereocenters. The third-order valence-electron chi connectivity index (χ3n) is 1.94. The summed E-state index contributed by atoms with van der Waals surface area (Å²) in [4.78, 5) is 15.6. The summed E-state index contributed by atoms with van der Waals surface area (Å²) < 4.78 is 0. The number of rotatable bonds is 4. The van der Waals surface area contributed by atoms with E-state index >= 15 is 0 Å². The van der Waals surface area contributed by atoms with Crippen LogP contribution in [0.15, 0.2) is 12.1 Å². The molecule has 0 bridgehead atoms. The normalized spacial score (nSPS) is 9.56. The van der Waals surface area contributed by atoms with E-state index in [-0.39, 0.29) is 5.91 Å². The number of hydrogen-bond donors (Lipinski definition) is 1. The first kappa shape index (κ1) is 12.5. The maximum Gasteiger partial charge on any atom is 0.251 e. The Hall–Kier alpha value is -1.60. The molecule has 84 valence electrons. The molecule has 0 radical (unpaired) electrons. The first-order valence-corrected chi connectivity index (χ1v) is 5.30. The van der Waals surface area contributed by atoms with Crippen molar-refractivity contribution >= 4 is 17.5 Å². The summed E-state index contributed by atoms with van der Waals surface area (Å²) in [5, 5.41) is 11.4. The number of pyridine rings is 1. The fraction of sp³-hybridized carbons (Fsp3) is 0.364. The minimum atomic E-state index is -0.190. The third-order valence-corrected chi connectivity index (χ3v) is 2.13. The molecule has 16 heavy (non-hydrogen) atoms. The largest absolute Gasteiger partial charge is 0.352 e. The second kappa shape index (κ2) is 6.09. The molecule has 0 fully saturated rings. The van der Waals surface area contributed by atoms with Gasteiger partial charge < -0.3 is 5.32 Å². The van der Waals surface area contributed by atoms with Crippen molar-refractivity contribution in [3.63, 3.8) is 0 Å². The van der Waals surface area contributed by atoms with Crippen LogP contribution in [0.5, 0.6) is 0 Å². The summed E-state index contributed by atoms with van der Waals surface area (Å²) in [7, 11) is 0. The highest BCUT2D eigenvalue weighted by Gasteiger charge is 2.06. The molecule has 1 heterocycles. The molecule has 1 aromatic heterocycles. The Kier molecular flexibility index (Phi) is 4.74. The SMILES string of the molecule is Cc1cc(C(=O)NCCCC#N)cc(Cl)n1. The number of carbonyl (C=O) groups is 1. The van der Waals surface area contributed by atoms with E-state index in [9.17, 15) is 4.79 Å². The zero-order chi connectivity index (χ0) is 12.0. The van der Waals surface area contributed by atoms with Gasteiger partial charge in [-0.2, -0.15) is 5.26 Å². The van der Waals surface area contributed by atoms with Crippen molar-refractivity contribution in [3.05, 3.63) is 28.5 Å². The van der Waals surface area contributed by atoms with E-state index in [2.05, 4.69) is 10.3 Å². The number of nitrogens with zero attached hydrogens (tertiary/aromatic N) is 2. The molecule has 4 nitrogen and oxygen atoms in total. The second-order valence-electron chi connectivity index (χ2n) is 3.34. The van der Waals surface area contributed by atoms with Crippen LogP contribution in [-0.2, 0) is 0 Å². The number of nitriles is 1. The first-order valence-electron chi connectivity index (χ1n) is 4.93. The Morgan fingerprint density at radius 3 is 3.00 bits per heavy atom. The number of aromatic nitrogens is 1. The van der Waals surface area contributed by atoms with Gasteiger partial charge in [0.05, 0.1) is 6.07 Å². The fourth-order valence-corrected chi connectivity index (χ4v) is 1.48. The van der Waals surface area contributed by atoms with Crippen molar-refractivity contribution in [2.45, 2.75) is 19.8 Å². The van der Waals surface area contributed by atoms with Gasteiger partial charge in [0.1, 0.15) is 5.15 Å². The molecule has 1 rings (SSSR count). The summed E-state index contributed by atoms with van der Waals surface area (Å²) in [5.74, 6) is -0.190. The van der Waals surface area contributed by atoms with Gasteiger partial charge in [-0.1, -0.05) is 11.6 Å². The lowest BCUT2D eigenvalue weighted by molar-refractivity contribution is 0.0953. The average molecular weight is 238 g/mol. The number of amides is 1. The maximum absolute atomic E-state index is 11.6. The molecule has 0 unspecified atom stereocenters. The van der Waals surface area contributed by atoms with Gasteiger partial charge >= 0.3 is 0 Å². The molecule has 0 spiro atoms. The van der Waals surface area contributed by atoms with Gasteiger partial charge in [0.2, 0.25) is 0 Å². The van der Waals surface area contributed by atoms with Crippen LogP contribution in [-0.4, -0.2) is 17.4 Å². The number of unbranched alkanes of at least 4 members (excludes halogenated alkanes) is 1. The molecule has 1 amide bonds.